The smallest absolute Gasteiger partial charge is 0.303 e. The van der Waals surface area contributed by atoms with Crippen molar-refractivity contribution in [1.29, 1.82) is 0 Å². The first kappa shape index (κ1) is 19.9. The van der Waals surface area contributed by atoms with Crippen LogP contribution in [0.25, 0.3) is 0 Å². The van der Waals surface area contributed by atoms with Gasteiger partial charge < -0.3 is 5.11 Å². The van der Waals surface area contributed by atoms with E-state index < -0.39 is 5.97 Å². The van der Waals surface area contributed by atoms with E-state index in [4.69, 9.17) is 5.11 Å². The molecule has 0 heterocycles. The summed E-state index contributed by atoms with van der Waals surface area (Å²) in [5, 5.41) is 9.69. The lowest BCUT2D eigenvalue weighted by atomic mass is 9.96. The van der Waals surface area contributed by atoms with Crippen molar-refractivity contribution in [2.45, 2.75) is 90.4 Å². The summed E-state index contributed by atoms with van der Waals surface area (Å²) in [7, 11) is 0. The molecule has 1 N–H and O–H groups in total. The number of unbranched alkanes of at least 4 members (excludes halogenated alkanes) is 8. The highest BCUT2D eigenvalue weighted by molar-refractivity contribution is 9.09. The van der Waals surface area contributed by atoms with Crippen LogP contribution in [0, 0.1) is 5.92 Å². The lowest BCUT2D eigenvalue weighted by Crippen LogP contribution is -2.02. The molecule has 0 radical (unpaired) electrons. The van der Waals surface area contributed by atoms with Crippen molar-refractivity contribution in [3.05, 3.63) is 0 Å². The molecule has 0 aliphatic rings. The zero-order valence-corrected chi connectivity index (χ0v) is 14.8. The maximum Gasteiger partial charge on any atom is 0.303 e. The van der Waals surface area contributed by atoms with Crippen LogP contribution >= 0.6 is 15.9 Å². The Hall–Kier alpha value is -0.0500. The molecule has 0 rings (SSSR count). The SMILES string of the molecule is CCCCCCC(CBr)CCCCCCCCC(=O)O. The second kappa shape index (κ2) is 15.3. The van der Waals surface area contributed by atoms with Crippen LogP contribution in [0.15, 0.2) is 0 Å². The van der Waals surface area contributed by atoms with E-state index in [1.165, 1.54) is 64.2 Å². The molecular formula is C17H33BrO2. The molecule has 0 aliphatic carbocycles. The Balaban J connectivity index is 3.31. The van der Waals surface area contributed by atoms with Crippen LogP contribution in [0.5, 0.6) is 0 Å². The second-order valence-corrected chi connectivity index (χ2v) is 6.57. The third-order valence-electron chi connectivity index (χ3n) is 3.94. The fourth-order valence-corrected chi connectivity index (χ4v) is 3.22. The summed E-state index contributed by atoms with van der Waals surface area (Å²) in [6.07, 6.45) is 15.6. The van der Waals surface area contributed by atoms with E-state index in [2.05, 4.69) is 22.9 Å². The van der Waals surface area contributed by atoms with Gasteiger partial charge in [-0.1, -0.05) is 80.6 Å². The molecule has 2 nitrogen and oxygen atoms in total. The topological polar surface area (TPSA) is 37.3 Å². The van der Waals surface area contributed by atoms with Gasteiger partial charge in [-0.15, -0.1) is 0 Å². The molecule has 20 heavy (non-hydrogen) atoms. The molecule has 0 bridgehead atoms. The van der Waals surface area contributed by atoms with Gasteiger partial charge in [0.2, 0.25) is 0 Å². The van der Waals surface area contributed by atoms with E-state index in [0.717, 1.165) is 24.1 Å². The maximum absolute atomic E-state index is 10.4. The lowest BCUT2D eigenvalue weighted by molar-refractivity contribution is -0.137. The van der Waals surface area contributed by atoms with Crippen LogP contribution in [0.2, 0.25) is 0 Å². The molecule has 3 heteroatoms. The van der Waals surface area contributed by atoms with Crippen molar-refractivity contribution >= 4 is 21.9 Å². The predicted molar refractivity (Wildman–Crippen MR) is 90.6 cm³/mol. The lowest BCUT2D eigenvalue weighted by Gasteiger charge is -2.13. The normalized spacial score (nSPS) is 12.5. The summed E-state index contributed by atoms with van der Waals surface area (Å²) in [6, 6.07) is 0. The highest BCUT2D eigenvalue weighted by atomic mass is 79.9. The molecule has 0 spiro atoms. The monoisotopic (exact) mass is 348 g/mol. The van der Waals surface area contributed by atoms with Crippen molar-refractivity contribution in [3.8, 4) is 0 Å². The third kappa shape index (κ3) is 14.4. The minimum absolute atomic E-state index is 0.337. The molecule has 0 saturated heterocycles. The van der Waals surface area contributed by atoms with Crippen LogP contribution < -0.4 is 0 Å². The Bertz CT molecular complexity index is 219. The first-order valence-electron chi connectivity index (χ1n) is 8.48. The van der Waals surface area contributed by atoms with Crippen molar-refractivity contribution in [2.24, 2.45) is 5.92 Å². The Kier molecular flexibility index (Phi) is 15.3. The molecule has 0 aliphatic heterocycles. The van der Waals surface area contributed by atoms with Gasteiger partial charge in [0.25, 0.3) is 0 Å². The number of hydrogen-bond donors (Lipinski definition) is 1. The standard InChI is InChI=1S/C17H33BrO2/c1-2-3-4-9-12-16(15-18)13-10-7-5-6-8-11-14-17(19)20/h16H,2-15H2,1H3,(H,19,20). The van der Waals surface area contributed by atoms with Gasteiger partial charge in [0, 0.05) is 11.8 Å². The average molecular weight is 349 g/mol. The Labute approximate surface area is 133 Å². The first-order valence-corrected chi connectivity index (χ1v) is 9.60. The molecule has 1 atom stereocenters. The zero-order chi connectivity index (χ0) is 15.1. The molecule has 0 aromatic carbocycles. The van der Waals surface area contributed by atoms with E-state index in [-0.39, 0.29) is 0 Å². The Morgan fingerprint density at radius 3 is 1.90 bits per heavy atom. The Morgan fingerprint density at radius 2 is 1.40 bits per heavy atom. The summed E-state index contributed by atoms with van der Waals surface area (Å²) in [4.78, 5) is 10.4. The predicted octanol–water partition coefficient (Wildman–Crippen LogP) is 6.17. The number of aliphatic carboxylic acids is 1. The number of carbonyl (C=O) groups is 1. The second-order valence-electron chi connectivity index (χ2n) is 5.92. The van der Waals surface area contributed by atoms with Gasteiger partial charge in [0.15, 0.2) is 0 Å². The number of alkyl halides is 1. The quantitative estimate of drug-likeness (QED) is 0.283. The molecule has 0 amide bonds. The van der Waals surface area contributed by atoms with Crippen LogP contribution in [-0.4, -0.2) is 16.4 Å². The minimum Gasteiger partial charge on any atom is -0.481 e. The fourth-order valence-electron chi connectivity index (χ4n) is 2.57. The van der Waals surface area contributed by atoms with Crippen LogP contribution in [0.4, 0.5) is 0 Å². The summed E-state index contributed by atoms with van der Waals surface area (Å²) < 4.78 is 0. The molecule has 0 aromatic heterocycles. The number of carboxylic acid groups (broad SMARTS) is 1. The van der Waals surface area contributed by atoms with Gasteiger partial charge in [-0.2, -0.15) is 0 Å². The largest absolute Gasteiger partial charge is 0.481 e. The van der Waals surface area contributed by atoms with E-state index in [1.807, 2.05) is 0 Å². The molecule has 0 aromatic rings. The zero-order valence-electron chi connectivity index (χ0n) is 13.2. The Morgan fingerprint density at radius 1 is 0.900 bits per heavy atom. The fraction of sp³-hybridized carbons (Fsp3) is 0.941. The van der Waals surface area contributed by atoms with Gasteiger partial charge in [0.1, 0.15) is 0 Å². The summed E-state index contributed by atoms with van der Waals surface area (Å²) in [5.41, 5.74) is 0. The summed E-state index contributed by atoms with van der Waals surface area (Å²) in [6.45, 7) is 2.26. The highest BCUT2D eigenvalue weighted by Crippen LogP contribution is 2.20. The third-order valence-corrected chi connectivity index (χ3v) is 4.85. The van der Waals surface area contributed by atoms with E-state index >= 15 is 0 Å². The molecule has 0 fully saturated rings. The van der Waals surface area contributed by atoms with Crippen molar-refractivity contribution < 1.29 is 9.90 Å². The van der Waals surface area contributed by atoms with E-state index in [1.54, 1.807) is 0 Å². The van der Waals surface area contributed by atoms with E-state index in [9.17, 15) is 4.79 Å². The number of halogens is 1. The summed E-state index contributed by atoms with van der Waals surface area (Å²) >= 11 is 3.65. The highest BCUT2D eigenvalue weighted by Gasteiger charge is 2.06. The number of hydrogen-bond acceptors (Lipinski definition) is 1. The maximum atomic E-state index is 10.4. The van der Waals surface area contributed by atoms with Crippen LogP contribution in [0.1, 0.15) is 90.4 Å². The van der Waals surface area contributed by atoms with Crippen LogP contribution in [-0.2, 0) is 4.79 Å². The van der Waals surface area contributed by atoms with E-state index in [0.29, 0.717) is 6.42 Å². The molecule has 0 saturated carbocycles. The molecule has 1 unspecified atom stereocenters. The number of rotatable bonds is 15. The average Bonchev–Trinajstić information content (AvgIpc) is 2.43. The summed E-state index contributed by atoms with van der Waals surface area (Å²) in [5.74, 6) is 0.201. The van der Waals surface area contributed by atoms with Crippen molar-refractivity contribution in [3.63, 3.8) is 0 Å². The van der Waals surface area contributed by atoms with Gasteiger partial charge in [-0.25, -0.2) is 0 Å². The molecule has 120 valence electrons. The van der Waals surface area contributed by atoms with Gasteiger partial charge >= 0.3 is 5.97 Å². The minimum atomic E-state index is -0.659. The van der Waals surface area contributed by atoms with Gasteiger partial charge in [0.05, 0.1) is 0 Å². The van der Waals surface area contributed by atoms with Crippen molar-refractivity contribution in [1.82, 2.24) is 0 Å². The van der Waals surface area contributed by atoms with Gasteiger partial charge in [-0.05, 0) is 25.2 Å². The number of carboxylic acids is 1. The molecular weight excluding hydrogens is 316 g/mol. The van der Waals surface area contributed by atoms with Crippen LogP contribution in [0.3, 0.4) is 0 Å². The van der Waals surface area contributed by atoms with Crippen molar-refractivity contribution in [2.75, 3.05) is 5.33 Å². The first-order chi connectivity index (χ1) is 9.70. The van der Waals surface area contributed by atoms with Gasteiger partial charge in [-0.3, -0.25) is 4.79 Å².